The van der Waals surface area contributed by atoms with Crippen molar-refractivity contribution in [3.05, 3.63) is 0 Å². The van der Waals surface area contributed by atoms with E-state index in [0.29, 0.717) is 6.10 Å². The fourth-order valence-corrected chi connectivity index (χ4v) is 1.66. The van der Waals surface area contributed by atoms with Crippen LogP contribution in [-0.2, 0) is 4.74 Å². The molecule has 0 spiro atoms. The van der Waals surface area contributed by atoms with Gasteiger partial charge in [-0.2, -0.15) is 0 Å². The molecule has 1 N–H and O–H groups in total. The predicted molar refractivity (Wildman–Crippen MR) is 63.9 cm³/mol. The van der Waals surface area contributed by atoms with Crippen LogP contribution in [0.2, 0.25) is 0 Å². The van der Waals surface area contributed by atoms with E-state index in [0.717, 1.165) is 18.6 Å². The molecule has 0 unspecified atom stereocenters. The molecule has 0 aromatic heterocycles. The maximum Gasteiger partial charge on any atom is 0.0575 e. The van der Waals surface area contributed by atoms with Crippen LogP contribution < -0.4 is 0 Å². The lowest BCUT2D eigenvalue weighted by Crippen LogP contribution is -2.18. The zero-order chi connectivity index (χ0) is 10.6. The second-order valence-electron chi connectivity index (χ2n) is 3.67. The standard InChI is InChI=1S/C10H20O.CH4OS/c1-2-3-4-7-10-8-5-6-9-11-10;1-3-2/h10H,2-9H2,1H3;2H,1H3/t10-;/m1./s1. The van der Waals surface area contributed by atoms with Crippen LogP contribution in [0.4, 0.5) is 0 Å². The molecule has 1 fully saturated rings. The maximum atomic E-state index is 7.49. The van der Waals surface area contributed by atoms with Gasteiger partial charge in [0.05, 0.1) is 6.10 Å². The zero-order valence-corrected chi connectivity index (χ0v) is 10.3. The highest BCUT2D eigenvalue weighted by molar-refractivity contribution is 7.93. The molecule has 1 rings (SSSR count). The Bertz CT molecular complexity index is 103. The minimum Gasteiger partial charge on any atom is -0.378 e. The van der Waals surface area contributed by atoms with Gasteiger partial charge in [-0.25, -0.2) is 0 Å². The van der Waals surface area contributed by atoms with Crippen LogP contribution in [0.15, 0.2) is 0 Å². The van der Waals surface area contributed by atoms with Crippen LogP contribution in [0.1, 0.15) is 51.9 Å². The molecule has 0 radical (unpaired) electrons. The fraction of sp³-hybridized carbons (Fsp3) is 1.00. The molecule has 2 nitrogen and oxygen atoms in total. The normalized spacial score (nSPS) is 21.2. The molecule has 0 amide bonds. The van der Waals surface area contributed by atoms with Crippen molar-refractivity contribution in [1.29, 1.82) is 0 Å². The average Bonchev–Trinajstić information content (AvgIpc) is 2.21. The van der Waals surface area contributed by atoms with Crippen molar-refractivity contribution in [1.82, 2.24) is 0 Å². The molecular formula is C11H24O2S. The quantitative estimate of drug-likeness (QED) is 0.574. The highest BCUT2D eigenvalue weighted by Crippen LogP contribution is 2.17. The first kappa shape index (κ1) is 14.3. The van der Waals surface area contributed by atoms with Gasteiger partial charge in [-0.3, -0.25) is 0 Å². The Balaban J connectivity index is 0.000000500. The number of unbranched alkanes of at least 4 members (excludes halogenated alkanes) is 2. The van der Waals surface area contributed by atoms with Crippen LogP contribution in [0.5, 0.6) is 0 Å². The molecule has 1 aliphatic rings. The van der Waals surface area contributed by atoms with Crippen molar-refractivity contribution >= 4 is 12.0 Å². The van der Waals surface area contributed by atoms with E-state index in [9.17, 15) is 0 Å². The molecule has 0 aliphatic carbocycles. The van der Waals surface area contributed by atoms with Gasteiger partial charge in [0, 0.05) is 12.9 Å². The summed E-state index contributed by atoms with van der Waals surface area (Å²) in [7, 11) is 0. The summed E-state index contributed by atoms with van der Waals surface area (Å²) in [6, 6.07) is 0. The third kappa shape index (κ3) is 8.85. The van der Waals surface area contributed by atoms with Gasteiger partial charge in [-0.15, -0.1) is 0 Å². The molecule has 0 aromatic rings. The Hall–Kier alpha value is 0.270. The molecule has 1 atom stereocenters. The van der Waals surface area contributed by atoms with Crippen LogP contribution in [-0.4, -0.2) is 23.5 Å². The van der Waals surface area contributed by atoms with E-state index in [-0.39, 0.29) is 0 Å². The molecule has 3 heteroatoms. The molecular weight excluding hydrogens is 196 g/mol. The number of rotatable bonds is 4. The van der Waals surface area contributed by atoms with Crippen molar-refractivity contribution in [2.45, 2.75) is 58.0 Å². The summed E-state index contributed by atoms with van der Waals surface area (Å²) in [5, 5.41) is 0. The van der Waals surface area contributed by atoms with Crippen LogP contribution in [0, 0.1) is 0 Å². The van der Waals surface area contributed by atoms with Gasteiger partial charge < -0.3 is 9.29 Å². The second kappa shape index (κ2) is 11.3. The maximum absolute atomic E-state index is 7.49. The summed E-state index contributed by atoms with van der Waals surface area (Å²) >= 11 is 0.750. The molecule has 0 aromatic carbocycles. The van der Waals surface area contributed by atoms with E-state index < -0.39 is 0 Å². The van der Waals surface area contributed by atoms with Crippen LogP contribution in [0.25, 0.3) is 0 Å². The predicted octanol–water partition coefficient (Wildman–Crippen LogP) is 3.96. The van der Waals surface area contributed by atoms with E-state index >= 15 is 0 Å². The third-order valence-electron chi connectivity index (χ3n) is 2.40. The SMILES string of the molecule is CCCCC[C@@H]1CCCCO1.CSO. The Morgan fingerprint density at radius 2 is 2.07 bits per heavy atom. The molecule has 1 saturated heterocycles. The topological polar surface area (TPSA) is 29.5 Å². The van der Waals surface area contributed by atoms with E-state index in [2.05, 4.69) is 6.92 Å². The molecule has 14 heavy (non-hydrogen) atoms. The lowest BCUT2D eigenvalue weighted by Gasteiger charge is -2.22. The summed E-state index contributed by atoms with van der Waals surface area (Å²) in [6.45, 7) is 3.26. The fourth-order valence-electron chi connectivity index (χ4n) is 1.66. The van der Waals surface area contributed by atoms with Gasteiger partial charge in [-0.1, -0.05) is 26.2 Å². The lowest BCUT2D eigenvalue weighted by atomic mass is 10.0. The Kier molecular flexibility index (Phi) is 11.6. The van der Waals surface area contributed by atoms with Gasteiger partial charge >= 0.3 is 0 Å². The number of ether oxygens (including phenoxy) is 1. The van der Waals surface area contributed by atoms with Gasteiger partial charge in [0.15, 0.2) is 0 Å². The minimum absolute atomic E-state index is 0.607. The molecule has 0 saturated carbocycles. The van der Waals surface area contributed by atoms with Crippen molar-refractivity contribution in [3.8, 4) is 0 Å². The van der Waals surface area contributed by atoms with E-state index in [4.69, 9.17) is 9.29 Å². The molecule has 86 valence electrons. The molecule has 0 bridgehead atoms. The second-order valence-corrected chi connectivity index (χ2v) is 4.03. The van der Waals surface area contributed by atoms with Crippen molar-refractivity contribution < 1.29 is 9.29 Å². The number of hydrogen-bond donors (Lipinski definition) is 1. The third-order valence-corrected chi connectivity index (χ3v) is 2.40. The zero-order valence-electron chi connectivity index (χ0n) is 9.50. The smallest absolute Gasteiger partial charge is 0.0575 e. The van der Waals surface area contributed by atoms with Crippen molar-refractivity contribution in [2.75, 3.05) is 12.9 Å². The Morgan fingerprint density at radius 1 is 1.36 bits per heavy atom. The van der Waals surface area contributed by atoms with Crippen molar-refractivity contribution in [2.24, 2.45) is 0 Å². The van der Waals surface area contributed by atoms with Gasteiger partial charge in [0.2, 0.25) is 0 Å². The summed E-state index contributed by atoms with van der Waals surface area (Å²) in [5.74, 6) is 0. The van der Waals surface area contributed by atoms with E-state index in [1.54, 1.807) is 6.26 Å². The summed E-state index contributed by atoms with van der Waals surface area (Å²) in [5.41, 5.74) is 0. The summed E-state index contributed by atoms with van der Waals surface area (Å²) < 4.78 is 13.1. The highest BCUT2D eigenvalue weighted by Gasteiger charge is 2.12. The Morgan fingerprint density at radius 3 is 2.57 bits per heavy atom. The van der Waals surface area contributed by atoms with Gasteiger partial charge in [-0.05, 0) is 37.7 Å². The number of hydrogen-bond acceptors (Lipinski definition) is 3. The minimum atomic E-state index is 0.607. The molecule has 1 aliphatic heterocycles. The molecule has 1 heterocycles. The lowest BCUT2D eigenvalue weighted by molar-refractivity contribution is 0.00984. The summed E-state index contributed by atoms with van der Waals surface area (Å²) in [4.78, 5) is 0. The first-order valence-corrected chi connectivity index (χ1v) is 6.82. The van der Waals surface area contributed by atoms with Crippen molar-refractivity contribution in [3.63, 3.8) is 0 Å². The van der Waals surface area contributed by atoms with Crippen LogP contribution >= 0.6 is 12.0 Å². The van der Waals surface area contributed by atoms with Gasteiger partial charge in [0.25, 0.3) is 0 Å². The summed E-state index contributed by atoms with van der Waals surface area (Å²) in [6.07, 6.45) is 11.5. The first-order chi connectivity index (χ1) is 6.85. The van der Waals surface area contributed by atoms with E-state index in [1.165, 1.54) is 44.9 Å². The van der Waals surface area contributed by atoms with E-state index in [1.807, 2.05) is 0 Å². The highest BCUT2D eigenvalue weighted by atomic mass is 32.2. The first-order valence-electron chi connectivity index (χ1n) is 5.64. The van der Waals surface area contributed by atoms with Gasteiger partial charge in [0.1, 0.15) is 0 Å². The Labute approximate surface area is 92.6 Å². The average molecular weight is 220 g/mol. The van der Waals surface area contributed by atoms with Crippen LogP contribution in [0.3, 0.4) is 0 Å². The monoisotopic (exact) mass is 220 g/mol. The largest absolute Gasteiger partial charge is 0.378 e.